The van der Waals surface area contributed by atoms with Gasteiger partial charge in [0.05, 0.1) is 31.1 Å². The van der Waals surface area contributed by atoms with Crippen molar-refractivity contribution in [3.05, 3.63) is 54.9 Å². The maximum Gasteiger partial charge on any atom is 0.200 e. The van der Waals surface area contributed by atoms with Crippen LogP contribution in [-0.2, 0) is 7.05 Å². The maximum absolute atomic E-state index is 14.7. The Kier molecular flexibility index (Phi) is 4.46. The Bertz CT molecular complexity index is 1480. The Hall–Kier alpha value is -3.66. The van der Waals surface area contributed by atoms with E-state index in [-0.39, 0.29) is 5.65 Å². The second kappa shape index (κ2) is 7.49. The number of nitrogens with zero attached hydrogens (tertiary/aromatic N) is 6. The van der Waals surface area contributed by atoms with E-state index < -0.39 is 5.82 Å². The van der Waals surface area contributed by atoms with Crippen LogP contribution in [0.5, 0.6) is 11.5 Å². The zero-order chi connectivity index (χ0) is 21.7. The van der Waals surface area contributed by atoms with Gasteiger partial charge in [-0.05, 0) is 36.0 Å². The minimum Gasteiger partial charge on any atom is -0.489 e. The molecule has 4 aromatic heterocycles. The molecule has 0 N–H and O–H groups in total. The van der Waals surface area contributed by atoms with Gasteiger partial charge in [0.2, 0.25) is 5.16 Å². The number of benzene rings is 1. The summed E-state index contributed by atoms with van der Waals surface area (Å²) in [6.07, 6.45) is 7.87. The number of ether oxygens (including phenoxy) is 2. The van der Waals surface area contributed by atoms with Crippen LogP contribution in [0.2, 0.25) is 0 Å². The van der Waals surface area contributed by atoms with Gasteiger partial charge < -0.3 is 9.47 Å². The molecule has 0 saturated carbocycles. The smallest absolute Gasteiger partial charge is 0.200 e. The van der Waals surface area contributed by atoms with Gasteiger partial charge in [-0.15, -0.1) is 10.2 Å². The van der Waals surface area contributed by atoms with Gasteiger partial charge in [0, 0.05) is 47.3 Å². The van der Waals surface area contributed by atoms with E-state index in [1.54, 1.807) is 21.5 Å². The van der Waals surface area contributed by atoms with Crippen LogP contribution in [0.15, 0.2) is 59.1 Å². The Morgan fingerprint density at radius 2 is 1.94 bits per heavy atom. The molecule has 32 heavy (non-hydrogen) atoms. The van der Waals surface area contributed by atoms with E-state index >= 15 is 0 Å². The van der Waals surface area contributed by atoms with Gasteiger partial charge in [0.15, 0.2) is 23.0 Å². The monoisotopic (exact) mass is 448 g/mol. The molecule has 0 atom stereocenters. The van der Waals surface area contributed by atoms with Crippen molar-refractivity contribution in [1.82, 2.24) is 29.4 Å². The Balaban J connectivity index is 1.42. The lowest BCUT2D eigenvalue weighted by molar-refractivity contribution is 0.297. The van der Waals surface area contributed by atoms with E-state index in [1.807, 2.05) is 37.6 Å². The first-order valence-corrected chi connectivity index (χ1v) is 10.9. The Morgan fingerprint density at radius 3 is 2.81 bits per heavy atom. The summed E-state index contributed by atoms with van der Waals surface area (Å²) in [7, 11) is 1.82. The van der Waals surface area contributed by atoms with E-state index in [2.05, 4.69) is 20.3 Å². The van der Waals surface area contributed by atoms with Crippen molar-refractivity contribution in [3.8, 4) is 22.6 Å². The molecule has 0 aliphatic carbocycles. The number of aryl methyl sites for hydroxylation is 1. The Morgan fingerprint density at radius 1 is 1.03 bits per heavy atom. The fourth-order valence-corrected chi connectivity index (χ4v) is 4.54. The minimum absolute atomic E-state index is 0.174. The summed E-state index contributed by atoms with van der Waals surface area (Å²) in [5.41, 5.74) is 2.50. The van der Waals surface area contributed by atoms with Crippen molar-refractivity contribution in [2.24, 2.45) is 7.05 Å². The lowest BCUT2D eigenvalue weighted by Crippen LogP contribution is -1.97. The second-order valence-corrected chi connectivity index (χ2v) is 8.48. The van der Waals surface area contributed by atoms with Crippen LogP contribution in [0.1, 0.15) is 6.42 Å². The molecule has 160 valence electrons. The first-order chi connectivity index (χ1) is 15.7. The van der Waals surface area contributed by atoms with E-state index in [4.69, 9.17) is 9.47 Å². The fraction of sp³-hybridized carbons (Fsp3) is 0.182. The summed E-state index contributed by atoms with van der Waals surface area (Å²) in [5.74, 6) is 0.906. The van der Waals surface area contributed by atoms with Crippen LogP contribution < -0.4 is 9.47 Å². The van der Waals surface area contributed by atoms with Crippen molar-refractivity contribution >= 4 is 28.3 Å². The molecule has 0 fully saturated rings. The fourth-order valence-electron chi connectivity index (χ4n) is 3.70. The third-order valence-corrected chi connectivity index (χ3v) is 6.18. The van der Waals surface area contributed by atoms with Crippen LogP contribution in [0.25, 0.3) is 27.7 Å². The van der Waals surface area contributed by atoms with Crippen molar-refractivity contribution in [1.29, 1.82) is 0 Å². The largest absolute Gasteiger partial charge is 0.489 e. The third-order valence-electron chi connectivity index (χ3n) is 5.23. The van der Waals surface area contributed by atoms with Crippen molar-refractivity contribution in [2.75, 3.05) is 13.2 Å². The lowest BCUT2D eigenvalue weighted by atomic mass is 10.1. The van der Waals surface area contributed by atoms with Gasteiger partial charge in [-0.2, -0.15) is 5.10 Å². The zero-order valence-corrected chi connectivity index (χ0v) is 17.8. The molecule has 0 radical (unpaired) electrons. The molecular formula is C22H17FN6O2S. The lowest BCUT2D eigenvalue weighted by Gasteiger charge is -2.10. The van der Waals surface area contributed by atoms with Gasteiger partial charge in [-0.25, -0.2) is 4.39 Å². The molecule has 8 nitrogen and oxygen atoms in total. The van der Waals surface area contributed by atoms with Gasteiger partial charge in [0.25, 0.3) is 0 Å². The van der Waals surface area contributed by atoms with Crippen LogP contribution in [-0.4, -0.2) is 42.6 Å². The number of hydrogen-bond acceptors (Lipinski definition) is 7. The third kappa shape index (κ3) is 3.23. The molecule has 6 rings (SSSR count). The molecule has 1 aromatic carbocycles. The van der Waals surface area contributed by atoms with E-state index in [1.165, 1.54) is 17.8 Å². The van der Waals surface area contributed by atoms with Crippen LogP contribution in [0.4, 0.5) is 4.39 Å². The number of rotatable bonds is 3. The molecule has 0 bridgehead atoms. The topological polar surface area (TPSA) is 79.4 Å². The summed E-state index contributed by atoms with van der Waals surface area (Å²) in [6, 6.07) is 7.32. The average Bonchev–Trinajstić information content (AvgIpc) is 3.32. The molecule has 5 heterocycles. The van der Waals surface area contributed by atoms with Crippen molar-refractivity contribution in [3.63, 3.8) is 0 Å². The summed E-state index contributed by atoms with van der Waals surface area (Å²) in [4.78, 5) is 5.38. The Labute approximate surface area is 186 Å². The normalized spacial score (nSPS) is 13.6. The number of fused-ring (bicyclic) bond motifs is 4. The predicted octanol–water partition coefficient (Wildman–Crippen LogP) is 4.13. The summed E-state index contributed by atoms with van der Waals surface area (Å²) < 4.78 is 29.8. The molecule has 1 aliphatic heterocycles. The quantitative estimate of drug-likeness (QED) is 0.411. The first-order valence-electron chi connectivity index (χ1n) is 10.1. The van der Waals surface area contributed by atoms with E-state index in [9.17, 15) is 4.39 Å². The summed E-state index contributed by atoms with van der Waals surface area (Å²) in [6.45, 7) is 1.19. The number of pyridine rings is 2. The van der Waals surface area contributed by atoms with E-state index in [0.717, 1.165) is 27.8 Å². The van der Waals surface area contributed by atoms with E-state index in [0.29, 0.717) is 35.4 Å². The van der Waals surface area contributed by atoms with Gasteiger partial charge in [0.1, 0.15) is 0 Å². The molecular weight excluding hydrogens is 431 g/mol. The summed E-state index contributed by atoms with van der Waals surface area (Å²) in [5, 5.41) is 13.8. The maximum atomic E-state index is 14.7. The molecule has 0 spiro atoms. The summed E-state index contributed by atoms with van der Waals surface area (Å²) >= 11 is 1.39. The highest BCUT2D eigenvalue weighted by Gasteiger charge is 2.17. The molecule has 0 amide bonds. The first kappa shape index (κ1) is 19.1. The van der Waals surface area contributed by atoms with Gasteiger partial charge >= 0.3 is 0 Å². The predicted molar refractivity (Wildman–Crippen MR) is 117 cm³/mol. The molecule has 0 saturated heterocycles. The number of halogens is 1. The van der Waals surface area contributed by atoms with Crippen LogP contribution >= 0.6 is 11.8 Å². The number of hydrogen-bond donors (Lipinski definition) is 0. The van der Waals surface area contributed by atoms with Crippen LogP contribution in [0.3, 0.4) is 0 Å². The minimum atomic E-state index is -0.440. The van der Waals surface area contributed by atoms with Crippen molar-refractivity contribution in [2.45, 2.75) is 16.5 Å². The van der Waals surface area contributed by atoms with Crippen LogP contribution in [0, 0.1) is 5.82 Å². The molecule has 1 aliphatic rings. The highest BCUT2D eigenvalue weighted by atomic mass is 32.2. The zero-order valence-electron chi connectivity index (χ0n) is 17.0. The van der Waals surface area contributed by atoms with Gasteiger partial charge in [-0.1, -0.05) is 0 Å². The molecule has 5 aromatic rings. The average molecular weight is 448 g/mol. The molecule has 0 unspecified atom stereocenters. The highest BCUT2D eigenvalue weighted by Crippen LogP contribution is 2.39. The number of aromatic nitrogens is 6. The van der Waals surface area contributed by atoms with Crippen molar-refractivity contribution < 1.29 is 13.9 Å². The standard InChI is InChI=1S/C22H17FN6O2S/c1-28-11-14(9-25-28)13-7-17(23)21-26-27-22(29(21)12-13)32-15-3-4-18-16(8-15)20-19(10-24-18)30-5-2-6-31-20/h3-4,7-12H,2,5-6H2,1H3. The molecule has 10 heteroatoms. The SMILES string of the molecule is Cn1cc(-c2cc(F)c3nnc(Sc4ccc5ncc6c(c5c4)OCCCO6)n3c2)cn1. The highest BCUT2D eigenvalue weighted by molar-refractivity contribution is 7.99. The second-order valence-electron chi connectivity index (χ2n) is 7.44. The van der Waals surface area contributed by atoms with Gasteiger partial charge in [-0.3, -0.25) is 14.1 Å².